The van der Waals surface area contributed by atoms with E-state index in [2.05, 4.69) is 15.5 Å². The number of rotatable bonds is 4. The first kappa shape index (κ1) is 14.8. The summed E-state index contributed by atoms with van der Waals surface area (Å²) in [5, 5.41) is 6.02. The normalized spacial score (nSPS) is 20.7. The molecule has 2 atom stereocenters. The van der Waals surface area contributed by atoms with E-state index in [0.717, 1.165) is 24.2 Å². The van der Waals surface area contributed by atoms with Crippen LogP contribution in [0.3, 0.4) is 0 Å². The summed E-state index contributed by atoms with van der Waals surface area (Å²) in [6.45, 7) is 5.36. The van der Waals surface area contributed by atoms with Crippen LogP contribution in [0.2, 0.25) is 0 Å². The molecule has 20 heavy (non-hydrogen) atoms. The van der Waals surface area contributed by atoms with E-state index in [1.165, 1.54) is 6.07 Å². The second kappa shape index (κ2) is 6.22. The van der Waals surface area contributed by atoms with Crippen LogP contribution in [0.4, 0.5) is 10.1 Å². The third kappa shape index (κ3) is 2.77. The Labute approximate surface area is 119 Å². The van der Waals surface area contributed by atoms with Gasteiger partial charge in [0, 0.05) is 24.8 Å². The van der Waals surface area contributed by atoms with Crippen molar-refractivity contribution in [3.8, 4) is 0 Å². The number of amides is 1. The Bertz CT molecular complexity index is 492. The lowest BCUT2D eigenvalue weighted by Crippen LogP contribution is -2.55. The number of hydrogen-bond donors (Lipinski definition) is 2. The molecule has 2 unspecified atom stereocenters. The van der Waals surface area contributed by atoms with Gasteiger partial charge in [-0.1, -0.05) is 6.92 Å². The van der Waals surface area contributed by atoms with Crippen molar-refractivity contribution in [2.45, 2.75) is 32.4 Å². The van der Waals surface area contributed by atoms with Crippen molar-refractivity contribution in [1.29, 1.82) is 0 Å². The van der Waals surface area contributed by atoms with E-state index in [1.54, 1.807) is 12.1 Å². The fourth-order valence-corrected chi connectivity index (χ4v) is 2.70. The smallest absolute Gasteiger partial charge is 0.242 e. The molecule has 1 aromatic carbocycles. The summed E-state index contributed by atoms with van der Waals surface area (Å²) >= 11 is 0. The van der Waals surface area contributed by atoms with Crippen molar-refractivity contribution >= 4 is 11.6 Å². The summed E-state index contributed by atoms with van der Waals surface area (Å²) in [7, 11) is 1.85. The van der Waals surface area contributed by atoms with Crippen molar-refractivity contribution < 1.29 is 9.18 Å². The van der Waals surface area contributed by atoms with Crippen LogP contribution in [0.25, 0.3) is 0 Å². The Hall–Kier alpha value is -1.62. The molecule has 1 aliphatic heterocycles. The zero-order valence-corrected chi connectivity index (χ0v) is 12.2. The minimum absolute atomic E-state index is 0.0307. The third-order valence-electron chi connectivity index (χ3n) is 3.92. The summed E-state index contributed by atoms with van der Waals surface area (Å²) in [5.74, 6) is -0.202. The largest absolute Gasteiger partial charge is 0.357 e. The van der Waals surface area contributed by atoms with E-state index in [4.69, 9.17) is 0 Å². The van der Waals surface area contributed by atoms with Crippen molar-refractivity contribution in [3.63, 3.8) is 0 Å². The summed E-state index contributed by atoms with van der Waals surface area (Å²) in [5.41, 5.74) is 1.83. The van der Waals surface area contributed by atoms with Gasteiger partial charge in [-0.25, -0.2) is 4.39 Å². The third-order valence-corrected chi connectivity index (χ3v) is 3.92. The Balaban J connectivity index is 2.42. The Kier molecular flexibility index (Phi) is 4.60. The molecular weight excluding hydrogens is 257 g/mol. The molecule has 1 aliphatic rings. The Morgan fingerprint density at radius 2 is 2.30 bits per heavy atom. The molecule has 0 aromatic heterocycles. The number of nitrogens with one attached hydrogen (secondary N) is 2. The summed E-state index contributed by atoms with van der Waals surface area (Å²) in [4.78, 5) is 14.1. The van der Waals surface area contributed by atoms with E-state index in [-0.39, 0.29) is 23.8 Å². The molecule has 5 heteroatoms. The quantitative estimate of drug-likeness (QED) is 0.883. The lowest BCUT2D eigenvalue weighted by Gasteiger charge is -2.38. The van der Waals surface area contributed by atoms with Crippen LogP contribution >= 0.6 is 0 Å². The molecule has 110 valence electrons. The van der Waals surface area contributed by atoms with E-state index < -0.39 is 0 Å². The van der Waals surface area contributed by atoms with Gasteiger partial charge in [0.15, 0.2) is 0 Å². The molecule has 1 fully saturated rings. The Morgan fingerprint density at radius 1 is 1.55 bits per heavy atom. The van der Waals surface area contributed by atoms with Gasteiger partial charge in [0.2, 0.25) is 5.91 Å². The molecule has 1 heterocycles. The highest BCUT2D eigenvalue weighted by atomic mass is 19.1. The van der Waals surface area contributed by atoms with E-state index >= 15 is 0 Å². The van der Waals surface area contributed by atoms with Crippen molar-refractivity contribution in [2.24, 2.45) is 0 Å². The Morgan fingerprint density at radius 3 is 2.95 bits per heavy atom. The summed E-state index contributed by atoms with van der Waals surface area (Å²) in [6.07, 6.45) is 0.733. The minimum atomic E-state index is -0.250. The fraction of sp³-hybridized carbons (Fsp3) is 0.533. The van der Waals surface area contributed by atoms with Gasteiger partial charge in [-0.05, 0) is 44.2 Å². The van der Waals surface area contributed by atoms with Crippen molar-refractivity contribution in [3.05, 3.63) is 29.6 Å². The topological polar surface area (TPSA) is 44.4 Å². The molecule has 4 nitrogen and oxygen atoms in total. The maximum absolute atomic E-state index is 13.5. The van der Waals surface area contributed by atoms with Gasteiger partial charge in [-0.15, -0.1) is 0 Å². The van der Waals surface area contributed by atoms with Gasteiger partial charge in [0.1, 0.15) is 11.9 Å². The van der Waals surface area contributed by atoms with Gasteiger partial charge in [0.25, 0.3) is 0 Å². The van der Waals surface area contributed by atoms with Crippen LogP contribution < -0.4 is 15.5 Å². The molecule has 0 radical (unpaired) electrons. The van der Waals surface area contributed by atoms with Crippen LogP contribution in [0.1, 0.15) is 31.9 Å². The average molecular weight is 279 g/mol. The number of anilines is 1. The molecule has 0 bridgehead atoms. The second-order valence-electron chi connectivity index (χ2n) is 5.12. The molecule has 2 rings (SSSR count). The van der Waals surface area contributed by atoms with Gasteiger partial charge >= 0.3 is 0 Å². The zero-order valence-electron chi connectivity index (χ0n) is 12.2. The van der Waals surface area contributed by atoms with Crippen LogP contribution in [0.5, 0.6) is 0 Å². The molecular formula is C15H22FN3O. The summed E-state index contributed by atoms with van der Waals surface area (Å²) in [6, 6.07) is 4.64. The van der Waals surface area contributed by atoms with E-state index in [0.29, 0.717) is 6.54 Å². The van der Waals surface area contributed by atoms with Crippen molar-refractivity contribution in [1.82, 2.24) is 10.6 Å². The molecule has 1 aromatic rings. The first-order valence-corrected chi connectivity index (χ1v) is 7.09. The van der Waals surface area contributed by atoms with Crippen LogP contribution in [0, 0.1) is 5.82 Å². The van der Waals surface area contributed by atoms with Crippen LogP contribution in [0.15, 0.2) is 18.2 Å². The monoisotopic (exact) mass is 279 g/mol. The van der Waals surface area contributed by atoms with E-state index in [1.807, 2.05) is 20.9 Å². The van der Waals surface area contributed by atoms with Crippen molar-refractivity contribution in [2.75, 3.05) is 25.0 Å². The first-order valence-electron chi connectivity index (χ1n) is 7.09. The number of carbonyl (C=O) groups excluding carboxylic acids is 1. The molecule has 0 aliphatic carbocycles. The lowest BCUT2D eigenvalue weighted by atomic mass is 10.0. The number of hydrogen-bond acceptors (Lipinski definition) is 3. The number of piperazine rings is 1. The van der Waals surface area contributed by atoms with Crippen LogP contribution in [-0.4, -0.2) is 32.1 Å². The van der Waals surface area contributed by atoms with Gasteiger partial charge in [-0.2, -0.15) is 0 Å². The number of benzene rings is 1. The highest BCUT2D eigenvalue weighted by Crippen LogP contribution is 2.30. The fourth-order valence-electron chi connectivity index (χ4n) is 2.70. The standard InChI is InChI=1S/C15H22FN3O/c1-4-13-15(20)18-7-8-19(13)14-6-5-11(16)9-12(14)10(2)17-3/h5-6,9-10,13,17H,4,7-8H2,1-3H3,(H,18,20). The molecule has 0 spiro atoms. The maximum Gasteiger partial charge on any atom is 0.242 e. The number of halogens is 1. The molecule has 1 amide bonds. The predicted octanol–water partition coefficient (Wildman–Crippen LogP) is 1.82. The average Bonchev–Trinajstić information content (AvgIpc) is 2.46. The predicted molar refractivity (Wildman–Crippen MR) is 78.3 cm³/mol. The molecule has 2 N–H and O–H groups in total. The van der Waals surface area contributed by atoms with E-state index in [9.17, 15) is 9.18 Å². The summed E-state index contributed by atoms with van der Waals surface area (Å²) < 4.78 is 13.5. The minimum Gasteiger partial charge on any atom is -0.357 e. The number of nitrogens with zero attached hydrogens (tertiary/aromatic N) is 1. The lowest BCUT2D eigenvalue weighted by molar-refractivity contribution is -0.123. The highest BCUT2D eigenvalue weighted by molar-refractivity contribution is 5.86. The zero-order chi connectivity index (χ0) is 14.7. The first-order chi connectivity index (χ1) is 9.58. The SMILES string of the molecule is CCC1C(=O)NCCN1c1ccc(F)cc1C(C)NC. The molecule has 1 saturated heterocycles. The van der Waals surface area contributed by atoms with Gasteiger partial charge < -0.3 is 15.5 Å². The van der Waals surface area contributed by atoms with Crippen LogP contribution in [-0.2, 0) is 4.79 Å². The van der Waals surface area contributed by atoms with Gasteiger partial charge in [-0.3, -0.25) is 4.79 Å². The maximum atomic E-state index is 13.5. The number of carbonyl (C=O) groups is 1. The molecule has 0 saturated carbocycles. The second-order valence-corrected chi connectivity index (χ2v) is 5.12. The highest BCUT2D eigenvalue weighted by Gasteiger charge is 2.30. The van der Waals surface area contributed by atoms with Gasteiger partial charge in [0.05, 0.1) is 0 Å².